The molecule has 0 spiro atoms. The molecular weight excluding hydrogens is 200 g/mol. The molecule has 2 rings (SSSR count). The van der Waals surface area contributed by atoms with Crippen molar-refractivity contribution in [1.82, 2.24) is 0 Å². The lowest BCUT2D eigenvalue weighted by Crippen LogP contribution is -2.30. The maximum atomic E-state index is 11.2. The molecule has 0 aromatic carbocycles. The number of aliphatic carboxylic acids is 1. The lowest BCUT2D eigenvalue weighted by molar-refractivity contribution is -0.144. The van der Waals surface area contributed by atoms with Crippen molar-refractivity contribution < 1.29 is 9.90 Å². The molecule has 0 heterocycles. The topological polar surface area (TPSA) is 37.3 Å². The first-order chi connectivity index (χ1) is 7.58. The quantitative estimate of drug-likeness (QED) is 0.778. The Hall–Kier alpha value is -0.530. The zero-order chi connectivity index (χ0) is 11.7. The SMILES string of the molecule is CC1CC(C)CC(C2CCCC2C(=O)O)C1. The number of carboxylic acid groups (broad SMARTS) is 1. The van der Waals surface area contributed by atoms with Crippen LogP contribution in [0.5, 0.6) is 0 Å². The van der Waals surface area contributed by atoms with Crippen LogP contribution in [0, 0.1) is 29.6 Å². The summed E-state index contributed by atoms with van der Waals surface area (Å²) in [6.07, 6.45) is 7.06. The first-order valence-corrected chi connectivity index (χ1v) is 6.80. The summed E-state index contributed by atoms with van der Waals surface area (Å²) in [5.74, 6) is 2.16. The predicted molar refractivity (Wildman–Crippen MR) is 64.1 cm³/mol. The zero-order valence-electron chi connectivity index (χ0n) is 10.5. The highest BCUT2D eigenvalue weighted by Gasteiger charge is 2.40. The van der Waals surface area contributed by atoms with Gasteiger partial charge >= 0.3 is 5.97 Å². The second kappa shape index (κ2) is 4.77. The lowest BCUT2D eigenvalue weighted by Gasteiger charge is -2.36. The number of carbonyl (C=O) groups is 1. The molecule has 2 fully saturated rings. The van der Waals surface area contributed by atoms with Crippen LogP contribution in [0.15, 0.2) is 0 Å². The Kier molecular flexibility index (Phi) is 3.56. The van der Waals surface area contributed by atoms with Gasteiger partial charge in [-0.2, -0.15) is 0 Å². The third-order valence-electron chi connectivity index (χ3n) is 4.71. The molecule has 2 saturated carbocycles. The van der Waals surface area contributed by atoms with Gasteiger partial charge in [0.15, 0.2) is 0 Å². The van der Waals surface area contributed by atoms with Gasteiger partial charge in [-0.25, -0.2) is 0 Å². The Bertz CT molecular complexity index is 251. The van der Waals surface area contributed by atoms with Crippen molar-refractivity contribution in [3.05, 3.63) is 0 Å². The minimum Gasteiger partial charge on any atom is -0.481 e. The van der Waals surface area contributed by atoms with Gasteiger partial charge in [0.25, 0.3) is 0 Å². The Morgan fingerprint density at radius 3 is 2.25 bits per heavy atom. The van der Waals surface area contributed by atoms with Crippen LogP contribution in [0.3, 0.4) is 0 Å². The van der Waals surface area contributed by atoms with E-state index in [1.165, 1.54) is 19.3 Å². The van der Waals surface area contributed by atoms with E-state index in [0.29, 0.717) is 11.8 Å². The van der Waals surface area contributed by atoms with Crippen molar-refractivity contribution in [3.8, 4) is 0 Å². The Balaban J connectivity index is 2.02. The molecule has 2 heteroatoms. The van der Waals surface area contributed by atoms with E-state index in [-0.39, 0.29) is 5.92 Å². The monoisotopic (exact) mass is 224 g/mol. The standard InChI is InChI=1S/C14H24O2/c1-9-6-10(2)8-11(7-9)12-4-3-5-13(12)14(15)16/h9-13H,3-8H2,1-2H3,(H,15,16). The van der Waals surface area contributed by atoms with E-state index < -0.39 is 5.97 Å². The maximum absolute atomic E-state index is 11.2. The second-order valence-corrected chi connectivity index (χ2v) is 6.22. The predicted octanol–water partition coefficient (Wildman–Crippen LogP) is 3.56. The van der Waals surface area contributed by atoms with E-state index in [2.05, 4.69) is 13.8 Å². The van der Waals surface area contributed by atoms with Crippen LogP contribution in [0.1, 0.15) is 52.4 Å². The number of rotatable bonds is 2. The van der Waals surface area contributed by atoms with E-state index in [4.69, 9.17) is 0 Å². The Morgan fingerprint density at radius 1 is 1.06 bits per heavy atom. The van der Waals surface area contributed by atoms with Gasteiger partial charge in [-0.05, 0) is 55.8 Å². The third-order valence-corrected chi connectivity index (χ3v) is 4.71. The summed E-state index contributed by atoms with van der Waals surface area (Å²) < 4.78 is 0. The highest BCUT2D eigenvalue weighted by molar-refractivity contribution is 5.70. The van der Waals surface area contributed by atoms with Crippen molar-refractivity contribution in [2.45, 2.75) is 52.4 Å². The molecule has 2 aliphatic carbocycles. The van der Waals surface area contributed by atoms with E-state index in [9.17, 15) is 9.90 Å². The van der Waals surface area contributed by atoms with Crippen LogP contribution in [0.4, 0.5) is 0 Å². The minimum atomic E-state index is -0.548. The van der Waals surface area contributed by atoms with Gasteiger partial charge in [0.2, 0.25) is 0 Å². The number of carboxylic acids is 1. The normalized spacial score (nSPS) is 44.5. The first-order valence-electron chi connectivity index (χ1n) is 6.80. The smallest absolute Gasteiger partial charge is 0.306 e. The molecule has 4 atom stereocenters. The van der Waals surface area contributed by atoms with Crippen LogP contribution in [-0.4, -0.2) is 11.1 Å². The molecule has 0 bridgehead atoms. The molecule has 0 radical (unpaired) electrons. The molecule has 16 heavy (non-hydrogen) atoms. The van der Waals surface area contributed by atoms with Crippen LogP contribution >= 0.6 is 0 Å². The lowest BCUT2D eigenvalue weighted by atomic mass is 9.69. The van der Waals surface area contributed by atoms with Gasteiger partial charge in [-0.1, -0.05) is 20.3 Å². The molecule has 92 valence electrons. The van der Waals surface area contributed by atoms with Crippen molar-refractivity contribution in [1.29, 1.82) is 0 Å². The second-order valence-electron chi connectivity index (χ2n) is 6.22. The summed E-state index contributed by atoms with van der Waals surface area (Å²) in [6.45, 7) is 4.65. The highest BCUT2D eigenvalue weighted by Crippen LogP contribution is 2.45. The van der Waals surface area contributed by atoms with E-state index in [0.717, 1.165) is 31.1 Å². The molecule has 0 aromatic heterocycles. The molecule has 0 amide bonds. The molecular formula is C14H24O2. The Morgan fingerprint density at radius 2 is 1.69 bits per heavy atom. The van der Waals surface area contributed by atoms with Crippen LogP contribution in [0.25, 0.3) is 0 Å². The molecule has 0 aromatic rings. The maximum Gasteiger partial charge on any atom is 0.306 e. The van der Waals surface area contributed by atoms with Gasteiger partial charge in [-0.15, -0.1) is 0 Å². The largest absolute Gasteiger partial charge is 0.481 e. The fourth-order valence-electron chi connectivity index (χ4n) is 4.22. The molecule has 0 saturated heterocycles. The summed E-state index contributed by atoms with van der Waals surface area (Å²) in [6, 6.07) is 0. The Labute approximate surface area is 98.4 Å². The molecule has 0 aliphatic heterocycles. The summed E-state index contributed by atoms with van der Waals surface area (Å²) in [4.78, 5) is 11.2. The molecule has 4 unspecified atom stereocenters. The molecule has 2 nitrogen and oxygen atoms in total. The fourth-order valence-corrected chi connectivity index (χ4v) is 4.22. The average Bonchev–Trinajstić information content (AvgIpc) is 2.63. The number of hydrogen-bond donors (Lipinski definition) is 1. The first kappa shape index (κ1) is 11.9. The van der Waals surface area contributed by atoms with E-state index in [1.54, 1.807) is 0 Å². The van der Waals surface area contributed by atoms with Gasteiger partial charge < -0.3 is 5.11 Å². The van der Waals surface area contributed by atoms with E-state index >= 15 is 0 Å². The zero-order valence-corrected chi connectivity index (χ0v) is 10.5. The van der Waals surface area contributed by atoms with Crippen LogP contribution in [0.2, 0.25) is 0 Å². The van der Waals surface area contributed by atoms with Crippen LogP contribution < -0.4 is 0 Å². The van der Waals surface area contributed by atoms with Gasteiger partial charge in [0.1, 0.15) is 0 Å². The van der Waals surface area contributed by atoms with Crippen LogP contribution in [-0.2, 0) is 4.79 Å². The summed E-state index contributed by atoms with van der Waals surface area (Å²) in [7, 11) is 0. The number of hydrogen-bond acceptors (Lipinski definition) is 1. The molecule has 1 N–H and O–H groups in total. The summed E-state index contributed by atoms with van der Waals surface area (Å²) in [5.41, 5.74) is 0. The highest BCUT2D eigenvalue weighted by atomic mass is 16.4. The van der Waals surface area contributed by atoms with E-state index in [1.807, 2.05) is 0 Å². The fraction of sp³-hybridized carbons (Fsp3) is 0.929. The van der Waals surface area contributed by atoms with Gasteiger partial charge in [0.05, 0.1) is 5.92 Å². The third kappa shape index (κ3) is 2.41. The van der Waals surface area contributed by atoms with Crippen molar-refractivity contribution in [3.63, 3.8) is 0 Å². The van der Waals surface area contributed by atoms with Gasteiger partial charge in [0, 0.05) is 0 Å². The average molecular weight is 224 g/mol. The molecule has 2 aliphatic rings. The summed E-state index contributed by atoms with van der Waals surface area (Å²) >= 11 is 0. The minimum absolute atomic E-state index is 0.0394. The van der Waals surface area contributed by atoms with Crippen molar-refractivity contribution >= 4 is 5.97 Å². The van der Waals surface area contributed by atoms with Crippen molar-refractivity contribution in [2.75, 3.05) is 0 Å². The summed E-state index contributed by atoms with van der Waals surface area (Å²) in [5, 5.41) is 9.25. The van der Waals surface area contributed by atoms with Gasteiger partial charge in [-0.3, -0.25) is 4.79 Å². The van der Waals surface area contributed by atoms with Crippen molar-refractivity contribution in [2.24, 2.45) is 29.6 Å².